The highest BCUT2D eigenvalue weighted by Gasteiger charge is 2.39. The summed E-state index contributed by atoms with van der Waals surface area (Å²) in [5.41, 5.74) is -0.617. The molecule has 0 bridgehead atoms. The molecule has 0 aromatic heterocycles. The van der Waals surface area contributed by atoms with E-state index in [0.717, 1.165) is 4.90 Å². The van der Waals surface area contributed by atoms with Gasteiger partial charge in [-0.25, -0.2) is 4.39 Å². The van der Waals surface area contributed by atoms with Crippen molar-refractivity contribution in [2.75, 3.05) is 31.6 Å². The normalized spacial score (nSPS) is 26.0. The van der Waals surface area contributed by atoms with Crippen molar-refractivity contribution in [2.24, 2.45) is 0 Å². The highest BCUT2D eigenvalue weighted by Crippen LogP contribution is 2.32. The molecule has 2 saturated heterocycles. The number of nitrogens with zero attached hydrogens (tertiary/aromatic N) is 2. The van der Waals surface area contributed by atoms with Gasteiger partial charge in [-0.05, 0) is 30.1 Å². The molecule has 2 aromatic rings. The Morgan fingerprint density at radius 3 is 2.82 bits per heavy atom. The van der Waals surface area contributed by atoms with Crippen LogP contribution in [-0.2, 0) is 34.0 Å². The third-order valence-corrected chi connectivity index (χ3v) is 6.00. The molecular weight excluding hydrogens is 439 g/mol. The van der Waals surface area contributed by atoms with E-state index in [0.29, 0.717) is 26.3 Å². The molecule has 1 atom stereocenters. The van der Waals surface area contributed by atoms with Gasteiger partial charge in [0.1, 0.15) is 11.8 Å². The summed E-state index contributed by atoms with van der Waals surface area (Å²) < 4.78 is 79.5. The van der Waals surface area contributed by atoms with Crippen LogP contribution in [0, 0.1) is 5.82 Å². The van der Waals surface area contributed by atoms with Crippen molar-refractivity contribution in [3.05, 3.63) is 64.3 Å². The Hall–Kier alpha value is -3.30. The summed E-state index contributed by atoms with van der Waals surface area (Å²) in [5.74, 6) is -3.49. The first-order valence-electron chi connectivity index (χ1n) is 14.5. The van der Waals surface area contributed by atoms with E-state index in [1.54, 1.807) is 0 Å². The molecule has 3 heterocycles. The Kier molecular flexibility index (Phi) is 4.36. The molecule has 2 fully saturated rings. The lowest BCUT2D eigenvalue weighted by molar-refractivity contribution is -0.136. The third kappa shape index (κ3) is 4.53. The van der Waals surface area contributed by atoms with E-state index < -0.39 is 66.3 Å². The first-order chi connectivity index (χ1) is 19.4. The second-order valence-electron chi connectivity index (χ2n) is 8.21. The number of anilines is 1. The first kappa shape index (κ1) is 15.6. The number of hydrogen-bond donors (Lipinski definition) is 2. The van der Waals surface area contributed by atoms with Crippen LogP contribution in [0.2, 0.25) is 0 Å². The molecule has 3 amide bonds. The number of carbonyl (C=O) groups is 3. The van der Waals surface area contributed by atoms with Crippen LogP contribution >= 0.6 is 0 Å². The van der Waals surface area contributed by atoms with Gasteiger partial charge in [-0.2, -0.15) is 0 Å². The zero-order chi connectivity index (χ0) is 29.8. The minimum absolute atomic E-state index is 0.0467. The van der Waals surface area contributed by atoms with Crippen molar-refractivity contribution in [3.63, 3.8) is 0 Å². The number of fused-ring (bicyclic) bond motifs is 1. The minimum Gasteiger partial charge on any atom is -0.381 e. The fraction of sp³-hybridized carbons (Fsp3) is 0.400. The lowest BCUT2D eigenvalue weighted by Gasteiger charge is -2.29. The van der Waals surface area contributed by atoms with Crippen LogP contribution in [0.1, 0.15) is 49.5 Å². The highest BCUT2D eigenvalue weighted by molar-refractivity contribution is 6.06. The molecule has 0 spiro atoms. The van der Waals surface area contributed by atoms with E-state index in [2.05, 4.69) is 5.32 Å². The number of morpholine rings is 1. The van der Waals surface area contributed by atoms with Gasteiger partial charge in [-0.1, -0.05) is 18.1 Å². The topological polar surface area (TPSA) is 91.0 Å². The number of rotatable bonds is 6. The molecule has 2 N–H and O–H groups in total. The molecule has 2 aromatic carbocycles. The number of ether oxygens (including phenoxy) is 1. The van der Waals surface area contributed by atoms with Gasteiger partial charge < -0.3 is 15.0 Å². The fourth-order valence-electron chi connectivity index (χ4n) is 4.18. The average Bonchev–Trinajstić information content (AvgIpc) is 3.30. The number of benzene rings is 2. The second-order valence-corrected chi connectivity index (χ2v) is 8.21. The minimum atomic E-state index is -2.16. The van der Waals surface area contributed by atoms with Crippen LogP contribution in [0.3, 0.4) is 0 Å². The van der Waals surface area contributed by atoms with Crippen molar-refractivity contribution >= 4 is 23.4 Å². The molecule has 34 heavy (non-hydrogen) atoms. The molecule has 0 aliphatic carbocycles. The predicted molar refractivity (Wildman–Crippen MR) is 122 cm³/mol. The van der Waals surface area contributed by atoms with Crippen LogP contribution in [0.15, 0.2) is 36.3 Å². The summed E-state index contributed by atoms with van der Waals surface area (Å²) in [7, 11) is 0. The Balaban J connectivity index is 1.47. The summed E-state index contributed by atoms with van der Waals surface area (Å²) in [6, 6.07) is -5.11. The lowest BCUT2D eigenvalue weighted by Crippen LogP contribution is -2.52. The number of nitrogens with one attached hydrogen (secondary N) is 2. The molecule has 5 rings (SSSR count). The van der Waals surface area contributed by atoms with Gasteiger partial charge in [-0.3, -0.25) is 24.6 Å². The number of hydrogen-bond acceptors (Lipinski definition) is 6. The van der Waals surface area contributed by atoms with E-state index in [-0.39, 0.29) is 59.9 Å². The third-order valence-electron chi connectivity index (χ3n) is 6.00. The summed E-state index contributed by atoms with van der Waals surface area (Å²) >= 11 is 0. The Bertz CT molecular complexity index is 1460. The van der Waals surface area contributed by atoms with Crippen LogP contribution < -0.4 is 10.6 Å². The highest BCUT2D eigenvalue weighted by atomic mass is 19.1. The van der Waals surface area contributed by atoms with E-state index >= 15 is 4.39 Å². The van der Waals surface area contributed by atoms with Gasteiger partial charge in [0.25, 0.3) is 5.91 Å². The van der Waals surface area contributed by atoms with E-state index in [9.17, 15) is 14.4 Å². The van der Waals surface area contributed by atoms with Crippen LogP contribution in [0.5, 0.6) is 0 Å². The molecule has 3 aliphatic heterocycles. The molecule has 178 valence electrons. The van der Waals surface area contributed by atoms with Crippen molar-refractivity contribution in [2.45, 2.75) is 38.5 Å². The van der Waals surface area contributed by atoms with Crippen molar-refractivity contribution in [1.82, 2.24) is 15.1 Å². The molecular formula is C25H27FN4O4. The van der Waals surface area contributed by atoms with Crippen LogP contribution in [0.25, 0.3) is 0 Å². The molecule has 3 aliphatic rings. The quantitative estimate of drug-likeness (QED) is 0.624. The molecule has 8 nitrogen and oxygen atoms in total. The van der Waals surface area contributed by atoms with E-state index in [1.165, 1.54) is 0 Å². The standard InChI is InChI=1S/C25H27FN4O4/c26-20-12-16(14-29-8-10-34-11-9-29)4-5-17(20)13-27-21-3-1-2-18-19(21)15-30(25(18)33)22-6-7-23(31)28-24(22)32/h1-5,12,22,27H,6-11,13-15H2,(H,28,31,32)/t22-/m0/s1/i1D,2D,3D,4D,5D,12D,22D. The van der Waals surface area contributed by atoms with Crippen molar-refractivity contribution < 1.29 is 33.1 Å². The molecule has 0 unspecified atom stereocenters. The zero-order valence-electron chi connectivity index (χ0n) is 25.3. The largest absolute Gasteiger partial charge is 0.381 e. The Morgan fingerprint density at radius 1 is 1.21 bits per heavy atom. The van der Waals surface area contributed by atoms with E-state index in [1.807, 2.05) is 10.2 Å². The van der Waals surface area contributed by atoms with E-state index in [4.69, 9.17) is 14.3 Å². The van der Waals surface area contributed by atoms with Crippen molar-refractivity contribution in [3.8, 4) is 0 Å². The van der Waals surface area contributed by atoms with Crippen LogP contribution in [-0.4, -0.2) is 59.8 Å². The molecule has 0 radical (unpaired) electrons. The summed E-state index contributed by atoms with van der Waals surface area (Å²) in [4.78, 5) is 40.3. The van der Waals surface area contributed by atoms with Gasteiger partial charge in [0, 0.05) is 61.5 Å². The van der Waals surface area contributed by atoms with Crippen molar-refractivity contribution in [1.29, 1.82) is 0 Å². The SMILES string of the molecule is [2H]c1c([2H])c(NCc2c([2H])c([2H])c(CN3CCOCC3)c([2H])c2F)c2c(c1[2H])C(=O)N([C@@]1([2H])CCC(=O)NC1=O)C2. The summed E-state index contributed by atoms with van der Waals surface area (Å²) in [6.07, 6.45) is -0.461. The average molecular weight is 474 g/mol. The Morgan fingerprint density at radius 2 is 2.03 bits per heavy atom. The maximum atomic E-state index is 15.4. The number of amides is 3. The number of carbonyl (C=O) groups excluding carboxylic acids is 3. The summed E-state index contributed by atoms with van der Waals surface area (Å²) in [6.45, 7) is 1.29. The Labute approximate surface area is 206 Å². The van der Waals surface area contributed by atoms with Gasteiger partial charge in [0.05, 0.1) is 22.8 Å². The molecule has 9 heteroatoms. The van der Waals surface area contributed by atoms with Gasteiger partial charge in [0.2, 0.25) is 11.8 Å². The summed E-state index contributed by atoms with van der Waals surface area (Å²) in [5, 5.41) is 4.81. The van der Waals surface area contributed by atoms with Crippen LogP contribution in [0.4, 0.5) is 10.1 Å². The number of imide groups is 1. The monoisotopic (exact) mass is 473 g/mol. The van der Waals surface area contributed by atoms with Gasteiger partial charge in [-0.15, -0.1) is 0 Å². The maximum Gasteiger partial charge on any atom is 0.255 e. The number of halogens is 1. The maximum absolute atomic E-state index is 15.4. The number of piperidine rings is 1. The molecule has 0 saturated carbocycles. The predicted octanol–water partition coefficient (Wildman–Crippen LogP) is 2.03. The zero-order valence-corrected chi connectivity index (χ0v) is 18.3. The lowest BCUT2D eigenvalue weighted by atomic mass is 10.0. The second kappa shape index (κ2) is 9.52. The fourth-order valence-corrected chi connectivity index (χ4v) is 4.18. The van der Waals surface area contributed by atoms with Gasteiger partial charge in [0.15, 0.2) is 0 Å². The first-order valence-corrected chi connectivity index (χ1v) is 11.0. The van der Waals surface area contributed by atoms with Gasteiger partial charge >= 0.3 is 0 Å². The smallest absolute Gasteiger partial charge is 0.255 e.